The molecule has 0 spiro atoms. The Bertz CT molecular complexity index is 1000. The molecule has 0 amide bonds. The number of hydrogen-bond donors (Lipinski definition) is 1. The van der Waals surface area contributed by atoms with Crippen LogP contribution in [0.4, 0.5) is 0 Å². The molecule has 0 aliphatic heterocycles. The van der Waals surface area contributed by atoms with Gasteiger partial charge in [-0.05, 0) is 57.8 Å². The van der Waals surface area contributed by atoms with Gasteiger partial charge in [-0.1, -0.05) is 139 Å². The molecule has 0 aliphatic carbocycles. The number of hydrogen-bond acceptors (Lipinski definition) is 6. The van der Waals surface area contributed by atoms with Gasteiger partial charge in [0.15, 0.2) is 0 Å². The van der Waals surface area contributed by atoms with Crippen LogP contribution in [0, 0.1) is 0 Å². The summed E-state index contributed by atoms with van der Waals surface area (Å²) >= 11 is 0. The Labute approximate surface area is 313 Å². The lowest BCUT2D eigenvalue weighted by atomic mass is 10.1. The third-order valence-corrected chi connectivity index (χ3v) is 9.08. The zero-order chi connectivity index (χ0) is 37.7. The zero-order valence-corrected chi connectivity index (χ0v) is 34.2. The van der Waals surface area contributed by atoms with Gasteiger partial charge in [-0.25, -0.2) is 4.57 Å². The van der Waals surface area contributed by atoms with Gasteiger partial charge < -0.3 is 18.9 Å². The molecule has 0 rings (SSSR count). The highest BCUT2D eigenvalue weighted by atomic mass is 31.2. The Morgan fingerprint density at radius 3 is 1.71 bits per heavy atom. The highest BCUT2D eigenvalue weighted by molar-refractivity contribution is 7.47. The molecule has 8 nitrogen and oxygen atoms in total. The quantitative estimate of drug-likeness (QED) is 0.0225. The lowest BCUT2D eigenvalue weighted by Crippen LogP contribution is -2.37. The van der Waals surface area contributed by atoms with Crippen LogP contribution in [0.5, 0.6) is 0 Å². The third kappa shape index (κ3) is 39.2. The van der Waals surface area contributed by atoms with Crippen LogP contribution in [0.15, 0.2) is 60.8 Å². The van der Waals surface area contributed by atoms with Crippen molar-refractivity contribution in [1.29, 1.82) is 0 Å². The van der Waals surface area contributed by atoms with E-state index in [1.54, 1.807) is 0 Å². The first-order chi connectivity index (χ1) is 24.6. The molecule has 0 bridgehead atoms. The largest absolute Gasteiger partial charge is 0.472 e. The smallest absolute Gasteiger partial charge is 0.457 e. The van der Waals surface area contributed by atoms with Crippen LogP contribution in [0.2, 0.25) is 0 Å². The van der Waals surface area contributed by atoms with Gasteiger partial charge in [0, 0.05) is 13.0 Å². The second kappa shape index (κ2) is 35.2. The molecule has 0 aliphatic rings. The number of carbonyl (C=O) groups is 1. The SMILES string of the molecule is CC/C=C\C/C=C\C/C=C\C/C=C\C/C=C\CCCCCCCCOCC(COP(=O)(O)OCC[N+](C)(C)C)OC(=O)CCCCCCCCC. The Morgan fingerprint density at radius 2 is 1.14 bits per heavy atom. The molecule has 9 heteroatoms. The first kappa shape index (κ1) is 49.2. The molecule has 0 heterocycles. The molecule has 2 unspecified atom stereocenters. The maximum atomic E-state index is 12.5. The zero-order valence-electron chi connectivity index (χ0n) is 33.3. The van der Waals surface area contributed by atoms with Gasteiger partial charge in [0.2, 0.25) is 0 Å². The molecule has 0 saturated heterocycles. The van der Waals surface area contributed by atoms with Crippen molar-refractivity contribution < 1.29 is 37.3 Å². The van der Waals surface area contributed by atoms with E-state index in [0.29, 0.717) is 24.1 Å². The second-order valence-corrected chi connectivity index (χ2v) is 15.7. The van der Waals surface area contributed by atoms with E-state index in [-0.39, 0.29) is 25.8 Å². The van der Waals surface area contributed by atoms with Crippen LogP contribution in [0.1, 0.15) is 142 Å². The number of nitrogens with zero attached hydrogens (tertiary/aromatic N) is 1. The molecular weight excluding hydrogens is 661 g/mol. The van der Waals surface area contributed by atoms with Gasteiger partial charge in [-0.15, -0.1) is 0 Å². The summed E-state index contributed by atoms with van der Waals surface area (Å²) in [7, 11) is 1.65. The minimum atomic E-state index is -4.27. The summed E-state index contributed by atoms with van der Waals surface area (Å²) in [5, 5.41) is 0. The number of allylic oxidation sites excluding steroid dienone is 10. The molecule has 0 saturated carbocycles. The van der Waals surface area contributed by atoms with Crippen molar-refractivity contribution in [2.24, 2.45) is 0 Å². The first-order valence-corrected chi connectivity index (χ1v) is 21.5. The van der Waals surface area contributed by atoms with Crippen LogP contribution in [-0.2, 0) is 27.9 Å². The van der Waals surface area contributed by atoms with Crippen LogP contribution in [0.25, 0.3) is 0 Å². The predicted octanol–water partition coefficient (Wildman–Crippen LogP) is 11.4. The molecule has 0 radical (unpaired) electrons. The summed E-state index contributed by atoms with van der Waals surface area (Å²) in [6.07, 6.45) is 42.7. The van der Waals surface area contributed by atoms with Crippen LogP contribution >= 0.6 is 7.82 Å². The van der Waals surface area contributed by atoms with Gasteiger partial charge in [-0.3, -0.25) is 13.8 Å². The number of carbonyl (C=O) groups excluding carboxylic acids is 1. The van der Waals surface area contributed by atoms with Crippen molar-refractivity contribution in [3.05, 3.63) is 60.8 Å². The second-order valence-electron chi connectivity index (χ2n) is 14.3. The van der Waals surface area contributed by atoms with Crippen LogP contribution in [-0.4, -0.2) is 75.6 Å². The molecular formula is C42H77NO7P+. The molecule has 0 aromatic rings. The van der Waals surface area contributed by atoms with E-state index in [1.165, 1.54) is 44.9 Å². The number of phosphoric acid groups is 1. The summed E-state index contributed by atoms with van der Waals surface area (Å²) in [5.41, 5.74) is 0. The van der Waals surface area contributed by atoms with Crippen molar-refractivity contribution in [2.45, 2.75) is 148 Å². The van der Waals surface area contributed by atoms with Crippen molar-refractivity contribution in [3.63, 3.8) is 0 Å². The number of unbranched alkanes of at least 4 members (excludes halogenated alkanes) is 12. The molecule has 1 N–H and O–H groups in total. The van der Waals surface area contributed by atoms with E-state index in [1.807, 2.05) is 21.1 Å². The van der Waals surface area contributed by atoms with Crippen LogP contribution in [0.3, 0.4) is 0 Å². The fraction of sp³-hybridized carbons (Fsp3) is 0.738. The fourth-order valence-corrected chi connectivity index (χ4v) is 5.73. The number of likely N-dealkylation sites (N-methyl/N-ethyl adjacent to an activating group) is 1. The van der Waals surface area contributed by atoms with Crippen LogP contribution < -0.4 is 0 Å². The number of esters is 1. The van der Waals surface area contributed by atoms with E-state index in [2.05, 4.69) is 74.6 Å². The summed E-state index contributed by atoms with van der Waals surface area (Å²) in [4.78, 5) is 22.7. The lowest BCUT2D eigenvalue weighted by molar-refractivity contribution is -0.870. The third-order valence-electron chi connectivity index (χ3n) is 8.09. The molecule has 51 heavy (non-hydrogen) atoms. The Balaban J connectivity index is 4.17. The number of phosphoric ester groups is 1. The van der Waals surface area contributed by atoms with Gasteiger partial charge in [0.05, 0.1) is 34.4 Å². The topological polar surface area (TPSA) is 91.3 Å². The highest BCUT2D eigenvalue weighted by Crippen LogP contribution is 2.43. The van der Waals surface area contributed by atoms with E-state index in [9.17, 15) is 14.3 Å². The number of ether oxygens (including phenoxy) is 2. The maximum absolute atomic E-state index is 12.5. The van der Waals surface area contributed by atoms with Crippen molar-refractivity contribution in [1.82, 2.24) is 0 Å². The Morgan fingerprint density at radius 1 is 0.627 bits per heavy atom. The van der Waals surface area contributed by atoms with E-state index < -0.39 is 13.9 Å². The van der Waals surface area contributed by atoms with Gasteiger partial charge in [0.25, 0.3) is 0 Å². The number of quaternary nitrogens is 1. The van der Waals surface area contributed by atoms with Gasteiger partial charge in [0.1, 0.15) is 19.3 Å². The Hall–Kier alpha value is -1.80. The monoisotopic (exact) mass is 739 g/mol. The molecule has 0 fully saturated rings. The molecule has 0 aromatic heterocycles. The molecule has 0 aromatic carbocycles. The predicted molar refractivity (Wildman–Crippen MR) is 215 cm³/mol. The minimum Gasteiger partial charge on any atom is -0.457 e. The van der Waals surface area contributed by atoms with Gasteiger partial charge >= 0.3 is 13.8 Å². The summed E-state index contributed by atoms with van der Waals surface area (Å²) in [5.74, 6) is -0.330. The minimum absolute atomic E-state index is 0.0832. The van der Waals surface area contributed by atoms with E-state index in [4.69, 9.17) is 18.5 Å². The standard InChI is InChI=1S/C42H76NO7P/c1-6-8-10-12-14-15-16-17-18-19-20-21-22-23-24-25-26-27-28-30-32-34-37-47-39-41(40-49-51(45,46)48-38-36-43(3,4)5)50-42(44)35-33-31-29-13-11-9-7-2/h8,10,14-15,17-18,20-21,23-24,41H,6-7,9,11-13,16,19,22,25-40H2,1-5H3/p+1/b10-8-,15-14-,18-17-,21-20-,24-23-. The van der Waals surface area contributed by atoms with E-state index in [0.717, 1.165) is 77.0 Å². The Kier molecular flexibility index (Phi) is 34.0. The fourth-order valence-electron chi connectivity index (χ4n) is 4.99. The summed E-state index contributed by atoms with van der Waals surface area (Å²) < 4.78 is 34.7. The van der Waals surface area contributed by atoms with Crippen molar-refractivity contribution >= 4 is 13.8 Å². The normalized spacial score (nSPS) is 14.5. The number of rotatable bonds is 36. The lowest BCUT2D eigenvalue weighted by Gasteiger charge is -2.24. The van der Waals surface area contributed by atoms with E-state index >= 15 is 0 Å². The molecule has 2 atom stereocenters. The highest BCUT2D eigenvalue weighted by Gasteiger charge is 2.26. The summed E-state index contributed by atoms with van der Waals surface area (Å²) in [6, 6.07) is 0. The molecule has 296 valence electrons. The average Bonchev–Trinajstić information content (AvgIpc) is 3.08. The average molecular weight is 739 g/mol. The maximum Gasteiger partial charge on any atom is 0.472 e. The van der Waals surface area contributed by atoms with Gasteiger partial charge in [-0.2, -0.15) is 0 Å². The van der Waals surface area contributed by atoms with Crippen molar-refractivity contribution in [3.8, 4) is 0 Å². The first-order valence-electron chi connectivity index (χ1n) is 20.0. The van der Waals surface area contributed by atoms with Crippen molar-refractivity contribution in [2.75, 3.05) is 54.1 Å². The summed E-state index contributed by atoms with van der Waals surface area (Å²) in [6.45, 7) is 5.40.